The summed E-state index contributed by atoms with van der Waals surface area (Å²) in [6.07, 6.45) is 1.56. The Morgan fingerprint density at radius 1 is 0.871 bits per heavy atom. The van der Waals surface area contributed by atoms with Gasteiger partial charge in [-0.2, -0.15) is 9.40 Å². The average Bonchev–Trinajstić information content (AvgIpc) is 3.25. The predicted octanol–water partition coefficient (Wildman–Crippen LogP) is 2.44. The van der Waals surface area contributed by atoms with Crippen LogP contribution in [0.3, 0.4) is 0 Å². The topological polar surface area (TPSA) is 75.5 Å². The van der Waals surface area contributed by atoms with Gasteiger partial charge in [0.2, 0.25) is 10.0 Å². The minimum atomic E-state index is -4.23. The summed E-state index contributed by atoms with van der Waals surface area (Å²) in [4.78, 5) is 13.4. The summed E-state index contributed by atoms with van der Waals surface area (Å²) in [6.45, 7) is 0.00219. The van der Waals surface area contributed by atoms with Crippen molar-refractivity contribution in [1.82, 2.24) is 19.0 Å². The molecule has 0 atom stereocenters. The molecule has 11 heteroatoms. The smallest absolute Gasteiger partial charge is 0.274 e. The van der Waals surface area contributed by atoms with Gasteiger partial charge in [0.05, 0.1) is 5.69 Å². The van der Waals surface area contributed by atoms with E-state index in [1.807, 2.05) is 0 Å². The lowest BCUT2D eigenvalue weighted by molar-refractivity contribution is 0.0691. The van der Waals surface area contributed by atoms with Crippen molar-refractivity contribution in [3.05, 3.63) is 77.9 Å². The van der Waals surface area contributed by atoms with E-state index in [-0.39, 0.29) is 31.9 Å². The zero-order valence-electron chi connectivity index (χ0n) is 16.1. The molecule has 1 fully saturated rings. The van der Waals surface area contributed by atoms with Crippen LogP contribution < -0.4 is 0 Å². The standard InChI is InChI=1S/C20H17F3N4O3S/c21-14-1-4-16(5-2-14)27-8-7-18(24-27)20(28)25-9-11-26(12-10-25)31(29,30)19-13-15(22)3-6-17(19)23/h1-8,13H,9-12H2. The highest BCUT2D eigenvalue weighted by molar-refractivity contribution is 7.89. The van der Waals surface area contributed by atoms with E-state index in [9.17, 15) is 26.4 Å². The second-order valence-corrected chi connectivity index (χ2v) is 8.80. The van der Waals surface area contributed by atoms with Gasteiger partial charge in [0.1, 0.15) is 22.3 Å². The lowest BCUT2D eigenvalue weighted by Gasteiger charge is -2.33. The minimum absolute atomic E-state index is 0.0668. The number of halogens is 3. The molecule has 162 valence electrons. The zero-order valence-corrected chi connectivity index (χ0v) is 16.9. The van der Waals surface area contributed by atoms with Crippen LogP contribution in [-0.4, -0.2) is 59.5 Å². The van der Waals surface area contributed by atoms with Gasteiger partial charge in [-0.25, -0.2) is 26.3 Å². The maximum Gasteiger partial charge on any atom is 0.274 e. The van der Waals surface area contributed by atoms with Crippen LogP contribution in [0.25, 0.3) is 5.69 Å². The Kier molecular flexibility index (Phi) is 5.54. The first-order valence-corrected chi connectivity index (χ1v) is 10.8. The van der Waals surface area contributed by atoms with Crippen LogP contribution in [0.15, 0.2) is 59.6 Å². The number of rotatable bonds is 4. The molecule has 1 aliphatic rings. The van der Waals surface area contributed by atoms with Crippen molar-refractivity contribution >= 4 is 15.9 Å². The molecule has 0 unspecified atom stereocenters. The van der Waals surface area contributed by atoms with Crippen molar-refractivity contribution < 1.29 is 26.4 Å². The van der Waals surface area contributed by atoms with E-state index >= 15 is 0 Å². The normalized spacial score (nSPS) is 15.3. The molecule has 1 saturated heterocycles. The molecule has 1 amide bonds. The van der Waals surface area contributed by atoms with Crippen LogP contribution in [0, 0.1) is 17.5 Å². The maximum absolute atomic E-state index is 13.9. The van der Waals surface area contributed by atoms with Gasteiger partial charge in [0, 0.05) is 32.4 Å². The minimum Gasteiger partial charge on any atom is -0.335 e. The van der Waals surface area contributed by atoms with Gasteiger partial charge in [-0.3, -0.25) is 4.79 Å². The molecule has 0 aliphatic carbocycles. The molecular formula is C20H17F3N4O3S. The lowest BCUT2D eigenvalue weighted by atomic mass is 10.3. The fourth-order valence-corrected chi connectivity index (χ4v) is 4.78. The molecule has 7 nitrogen and oxygen atoms in total. The van der Waals surface area contributed by atoms with Crippen LogP contribution in [-0.2, 0) is 10.0 Å². The molecule has 0 saturated carbocycles. The molecule has 2 heterocycles. The molecule has 4 rings (SSSR count). The van der Waals surface area contributed by atoms with Crippen LogP contribution in [0.5, 0.6) is 0 Å². The van der Waals surface area contributed by atoms with Crippen molar-refractivity contribution in [2.75, 3.05) is 26.2 Å². The number of hydrogen-bond donors (Lipinski definition) is 0. The largest absolute Gasteiger partial charge is 0.335 e. The van der Waals surface area contributed by atoms with Crippen molar-refractivity contribution in [2.45, 2.75) is 4.90 Å². The summed E-state index contributed by atoms with van der Waals surface area (Å²) >= 11 is 0. The van der Waals surface area contributed by atoms with Crippen molar-refractivity contribution in [1.29, 1.82) is 0 Å². The van der Waals surface area contributed by atoms with E-state index in [1.54, 1.807) is 6.20 Å². The van der Waals surface area contributed by atoms with Gasteiger partial charge in [0.15, 0.2) is 5.69 Å². The number of sulfonamides is 1. The fraction of sp³-hybridized carbons (Fsp3) is 0.200. The third-order valence-corrected chi connectivity index (χ3v) is 6.85. The highest BCUT2D eigenvalue weighted by atomic mass is 32.2. The Morgan fingerprint density at radius 3 is 2.19 bits per heavy atom. The van der Waals surface area contributed by atoms with E-state index in [0.717, 1.165) is 16.4 Å². The highest BCUT2D eigenvalue weighted by Crippen LogP contribution is 2.22. The second-order valence-electron chi connectivity index (χ2n) is 6.89. The number of nitrogens with zero attached hydrogens (tertiary/aromatic N) is 4. The van der Waals surface area contributed by atoms with Gasteiger partial charge < -0.3 is 4.90 Å². The van der Waals surface area contributed by atoms with Crippen molar-refractivity contribution in [3.63, 3.8) is 0 Å². The van der Waals surface area contributed by atoms with Gasteiger partial charge in [-0.05, 0) is 48.5 Å². The number of aromatic nitrogens is 2. The summed E-state index contributed by atoms with van der Waals surface area (Å²) in [5.41, 5.74) is 0.727. The second kappa shape index (κ2) is 8.16. The molecule has 0 bridgehead atoms. The van der Waals surface area contributed by atoms with Gasteiger partial charge >= 0.3 is 0 Å². The molecule has 0 radical (unpaired) electrons. The van der Waals surface area contributed by atoms with Crippen LogP contribution in [0.1, 0.15) is 10.5 Å². The monoisotopic (exact) mass is 450 g/mol. The predicted molar refractivity (Wildman–Crippen MR) is 105 cm³/mol. The summed E-state index contributed by atoms with van der Waals surface area (Å²) in [6, 6.07) is 9.35. The van der Waals surface area contributed by atoms with Crippen LogP contribution in [0.2, 0.25) is 0 Å². The third kappa shape index (κ3) is 4.19. The van der Waals surface area contributed by atoms with E-state index < -0.39 is 38.3 Å². The van der Waals surface area contributed by atoms with Gasteiger partial charge in [-0.15, -0.1) is 0 Å². The number of hydrogen-bond acceptors (Lipinski definition) is 4. The number of amides is 1. The Morgan fingerprint density at radius 2 is 1.52 bits per heavy atom. The number of piperazine rings is 1. The fourth-order valence-electron chi connectivity index (χ4n) is 3.28. The summed E-state index contributed by atoms with van der Waals surface area (Å²) in [5.74, 6) is -2.68. The molecule has 3 aromatic rings. The maximum atomic E-state index is 13.9. The lowest BCUT2D eigenvalue weighted by Crippen LogP contribution is -2.50. The first-order chi connectivity index (χ1) is 14.8. The first kappa shape index (κ1) is 21.1. The highest BCUT2D eigenvalue weighted by Gasteiger charge is 2.33. The first-order valence-electron chi connectivity index (χ1n) is 9.32. The number of carbonyl (C=O) groups excluding carboxylic acids is 1. The third-order valence-electron chi connectivity index (χ3n) is 4.94. The Bertz CT molecular complexity index is 1220. The molecule has 2 aromatic carbocycles. The quantitative estimate of drug-likeness (QED) is 0.612. The van der Waals surface area contributed by atoms with Crippen LogP contribution in [0.4, 0.5) is 13.2 Å². The summed E-state index contributed by atoms with van der Waals surface area (Å²) in [5, 5.41) is 4.20. The van der Waals surface area contributed by atoms with Crippen LogP contribution >= 0.6 is 0 Å². The van der Waals surface area contributed by atoms with E-state index in [4.69, 9.17) is 0 Å². The van der Waals surface area contributed by atoms with Gasteiger partial charge in [0.25, 0.3) is 5.91 Å². The molecule has 1 aliphatic heterocycles. The molecule has 1 aromatic heterocycles. The van der Waals surface area contributed by atoms with Gasteiger partial charge in [-0.1, -0.05) is 0 Å². The Balaban J connectivity index is 1.45. The van der Waals surface area contributed by atoms with Crippen molar-refractivity contribution in [2.24, 2.45) is 0 Å². The average molecular weight is 450 g/mol. The molecule has 31 heavy (non-hydrogen) atoms. The SMILES string of the molecule is O=C(c1ccn(-c2ccc(F)cc2)n1)N1CCN(S(=O)(=O)c2cc(F)ccc2F)CC1. The molecule has 0 spiro atoms. The summed E-state index contributed by atoms with van der Waals surface area (Å²) in [7, 11) is -4.23. The van der Waals surface area contributed by atoms with E-state index in [0.29, 0.717) is 11.8 Å². The molecular weight excluding hydrogens is 433 g/mol. The van der Waals surface area contributed by atoms with Crippen molar-refractivity contribution in [3.8, 4) is 5.69 Å². The van der Waals surface area contributed by atoms with E-state index in [1.165, 1.54) is 39.9 Å². The Hall–Kier alpha value is -3.18. The summed E-state index contributed by atoms with van der Waals surface area (Å²) < 4.78 is 68.2. The zero-order chi connectivity index (χ0) is 22.2. The van der Waals surface area contributed by atoms with E-state index in [2.05, 4.69) is 5.10 Å². The number of carbonyl (C=O) groups is 1. The number of benzene rings is 2. The molecule has 0 N–H and O–H groups in total. The Labute approximate surface area is 176 Å².